The minimum Gasteiger partial charge on any atom is -0.268 e. The van der Waals surface area contributed by atoms with E-state index in [4.69, 9.17) is 5.84 Å². The Labute approximate surface area is 91.3 Å². The number of rotatable bonds is 3. The molecule has 0 aliphatic heterocycles. The van der Waals surface area contributed by atoms with Gasteiger partial charge in [0.1, 0.15) is 0 Å². The zero-order valence-corrected chi connectivity index (χ0v) is 9.32. The molecule has 3 heteroatoms. The molecule has 0 spiro atoms. The van der Waals surface area contributed by atoms with E-state index in [1.807, 2.05) is 17.3 Å². The van der Waals surface area contributed by atoms with Gasteiger partial charge in [-0.05, 0) is 37.3 Å². The summed E-state index contributed by atoms with van der Waals surface area (Å²) in [5.74, 6) is 6.07. The van der Waals surface area contributed by atoms with Crippen LogP contribution in [0.25, 0.3) is 0 Å². The van der Waals surface area contributed by atoms with Crippen LogP contribution in [0.3, 0.4) is 0 Å². The fourth-order valence-electron chi connectivity index (χ4n) is 2.32. The minimum atomic E-state index is 0.329. The molecule has 0 fully saturated rings. The van der Waals surface area contributed by atoms with Crippen molar-refractivity contribution in [2.24, 2.45) is 5.84 Å². The molecule has 1 heterocycles. The molecular weight excluding hydrogens is 186 g/mol. The third-order valence-electron chi connectivity index (χ3n) is 3.05. The largest absolute Gasteiger partial charge is 0.268 e. The second-order valence-electron chi connectivity index (χ2n) is 4.19. The van der Waals surface area contributed by atoms with Crippen molar-refractivity contribution in [1.82, 2.24) is 9.99 Å². The molecule has 3 nitrogen and oxygen atoms in total. The summed E-state index contributed by atoms with van der Waals surface area (Å²) >= 11 is 0. The highest BCUT2D eigenvalue weighted by atomic mass is 15.4. The van der Waals surface area contributed by atoms with Crippen LogP contribution in [0.2, 0.25) is 0 Å². The maximum absolute atomic E-state index is 6.07. The lowest BCUT2D eigenvalue weighted by atomic mass is 9.91. The molecule has 15 heavy (non-hydrogen) atoms. The Morgan fingerprint density at radius 2 is 2.47 bits per heavy atom. The first-order valence-electron chi connectivity index (χ1n) is 5.78. The molecule has 1 atom stereocenters. The second-order valence-corrected chi connectivity index (χ2v) is 4.19. The molecule has 1 aromatic rings. The predicted octanol–water partition coefficient (Wildman–Crippen LogP) is 2.04. The van der Waals surface area contributed by atoms with E-state index < -0.39 is 0 Å². The second kappa shape index (κ2) is 4.73. The summed E-state index contributed by atoms with van der Waals surface area (Å²) in [7, 11) is 0. The van der Waals surface area contributed by atoms with Crippen LogP contribution in [-0.2, 0) is 6.42 Å². The van der Waals surface area contributed by atoms with Crippen LogP contribution < -0.4 is 5.84 Å². The molecule has 1 aromatic heterocycles. The Morgan fingerprint density at radius 1 is 1.60 bits per heavy atom. The molecule has 1 aliphatic rings. The number of hydrogen-bond donors (Lipinski definition) is 1. The van der Waals surface area contributed by atoms with Gasteiger partial charge in [0.2, 0.25) is 0 Å². The summed E-state index contributed by atoms with van der Waals surface area (Å²) in [6.07, 6.45) is 6.48. The van der Waals surface area contributed by atoms with Gasteiger partial charge in [-0.25, -0.2) is 5.01 Å². The monoisotopic (exact) mass is 205 g/mol. The SMILES string of the molecule is CCCN(N)C1CCCc2cccnc21. The number of fused-ring (bicyclic) bond motifs is 1. The van der Waals surface area contributed by atoms with Gasteiger partial charge in [-0.1, -0.05) is 13.0 Å². The summed E-state index contributed by atoms with van der Waals surface area (Å²) < 4.78 is 0. The van der Waals surface area contributed by atoms with Gasteiger partial charge in [0.05, 0.1) is 11.7 Å². The Balaban J connectivity index is 2.21. The normalized spacial score (nSPS) is 20.3. The molecule has 2 rings (SSSR count). The topological polar surface area (TPSA) is 42.1 Å². The lowest BCUT2D eigenvalue weighted by Crippen LogP contribution is -2.38. The van der Waals surface area contributed by atoms with E-state index in [0.717, 1.165) is 25.8 Å². The van der Waals surface area contributed by atoms with Crippen LogP contribution in [0.5, 0.6) is 0 Å². The smallest absolute Gasteiger partial charge is 0.0665 e. The van der Waals surface area contributed by atoms with E-state index in [1.54, 1.807) is 0 Å². The standard InChI is InChI=1S/C12H19N3/c1-2-9-15(13)11-7-3-5-10-6-4-8-14-12(10)11/h4,6,8,11H,2-3,5,7,9,13H2,1H3. The number of hydrogen-bond acceptors (Lipinski definition) is 3. The fraction of sp³-hybridized carbons (Fsp3) is 0.583. The Morgan fingerprint density at radius 3 is 3.27 bits per heavy atom. The summed E-state index contributed by atoms with van der Waals surface area (Å²) in [6.45, 7) is 3.10. The lowest BCUT2D eigenvalue weighted by molar-refractivity contribution is 0.178. The Bertz CT molecular complexity index is 324. The highest BCUT2D eigenvalue weighted by Crippen LogP contribution is 2.30. The Hall–Kier alpha value is -0.930. The molecule has 0 saturated carbocycles. The molecule has 0 saturated heterocycles. The molecule has 0 aromatic carbocycles. The molecule has 0 amide bonds. The van der Waals surface area contributed by atoms with Crippen LogP contribution in [0.4, 0.5) is 0 Å². The summed E-state index contributed by atoms with van der Waals surface area (Å²) in [5, 5.41) is 1.95. The summed E-state index contributed by atoms with van der Waals surface area (Å²) in [4.78, 5) is 4.48. The number of hydrazine groups is 1. The van der Waals surface area contributed by atoms with Gasteiger partial charge in [0, 0.05) is 12.7 Å². The van der Waals surface area contributed by atoms with Crippen LogP contribution >= 0.6 is 0 Å². The quantitative estimate of drug-likeness (QED) is 0.606. The van der Waals surface area contributed by atoms with Gasteiger partial charge in [0.25, 0.3) is 0 Å². The van der Waals surface area contributed by atoms with Gasteiger partial charge < -0.3 is 0 Å². The zero-order valence-electron chi connectivity index (χ0n) is 9.32. The first kappa shape index (κ1) is 10.6. The molecule has 0 radical (unpaired) electrons. The van der Waals surface area contributed by atoms with E-state index in [0.29, 0.717) is 6.04 Å². The van der Waals surface area contributed by atoms with E-state index in [9.17, 15) is 0 Å². The highest BCUT2D eigenvalue weighted by molar-refractivity contribution is 5.25. The molecule has 2 N–H and O–H groups in total. The third kappa shape index (κ3) is 2.19. The van der Waals surface area contributed by atoms with Crippen LogP contribution in [-0.4, -0.2) is 16.5 Å². The van der Waals surface area contributed by atoms with E-state index in [1.165, 1.54) is 17.7 Å². The highest BCUT2D eigenvalue weighted by Gasteiger charge is 2.24. The van der Waals surface area contributed by atoms with Crippen molar-refractivity contribution in [3.05, 3.63) is 29.6 Å². The van der Waals surface area contributed by atoms with Crippen molar-refractivity contribution in [2.45, 2.75) is 38.6 Å². The third-order valence-corrected chi connectivity index (χ3v) is 3.05. The van der Waals surface area contributed by atoms with Gasteiger partial charge in [-0.15, -0.1) is 0 Å². The van der Waals surface area contributed by atoms with Gasteiger partial charge in [0.15, 0.2) is 0 Å². The van der Waals surface area contributed by atoms with E-state index in [2.05, 4.69) is 18.0 Å². The average Bonchev–Trinajstić information content (AvgIpc) is 2.28. The van der Waals surface area contributed by atoms with Crippen molar-refractivity contribution in [1.29, 1.82) is 0 Å². The van der Waals surface area contributed by atoms with Crippen molar-refractivity contribution >= 4 is 0 Å². The van der Waals surface area contributed by atoms with Crippen molar-refractivity contribution in [2.75, 3.05) is 6.54 Å². The van der Waals surface area contributed by atoms with Crippen LogP contribution in [0.15, 0.2) is 18.3 Å². The molecule has 82 valence electrons. The molecule has 1 aliphatic carbocycles. The van der Waals surface area contributed by atoms with E-state index >= 15 is 0 Å². The maximum atomic E-state index is 6.07. The molecular formula is C12H19N3. The average molecular weight is 205 g/mol. The number of pyridine rings is 1. The summed E-state index contributed by atoms with van der Waals surface area (Å²) in [5.41, 5.74) is 2.57. The van der Waals surface area contributed by atoms with Crippen molar-refractivity contribution in [3.8, 4) is 0 Å². The summed E-state index contributed by atoms with van der Waals surface area (Å²) in [6, 6.07) is 4.52. The first-order chi connectivity index (χ1) is 7.33. The minimum absolute atomic E-state index is 0.329. The number of aromatic nitrogens is 1. The van der Waals surface area contributed by atoms with Gasteiger partial charge >= 0.3 is 0 Å². The number of nitrogens with two attached hydrogens (primary N) is 1. The molecule has 0 bridgehead atoms. The fourth-order valence-corrected chi connectivity index (χ4v) is 2.32. The van der Waals surface area contributed by atoms with Crippen LogP contribution in [0.1, 0.15) is 43.5 Å². The van der Waals surface area contributed by atoms with E-state index in [-0.39, 0.29) is 0 Å². The van der Waals surface area contributed by atoms with Crippen molar-refractivity contribution in [3.63, 3.8) is 0 Å². The Kier molecular flexibility index (Phi) is 3.34. The van der Waals surface area contributed by atoms with Crippen LogP contribution in [0, 0.1) is 0 Å². The predicted molar refractivity (Wildman–Crippen MR) is 61.1 cm³/mol. The lowest BCUT2D eigenvalue weighted by Gasteiger charge is -2.31. The number of aryl methyl sites for hydroxylation is 1. The first-order valence-corrected chi connectivity index (χ1v) is 5.78. The zero-order chi connectivity index (χ0) is 10.7. The molecule has 1 unspecified atom stereocenters. The number of nitrogens with zero attached hydrogens (tertiary/aromatic N) is 2. The maximum Gasteiger partial charge on any atom is 0.0665 e. The van der Waals surface area contributed by atoms with Gasteiger partial charge in [-0.2, -0.15) is 0 Å². The van der Waals surface area contributed by atoms with Crippen molar-refractivity contribution < 1.29 is 0 Å². The van der Waals surface area contributed by atoms with Gasteiger partial charge in [-0.3, -0.25) is 10.8 Å².